The molecule has 0 saturated heterocycles. The van der Waals surface area contributed by atoms with Crippen LogP contribution < -0.4 is 5.32 Å². The molecule has 1 nitrogen and oxygen atoms in total. The Morgan fingerprint density at radius 3 is 2.33 bits per heavy atom. The molecule has 2 aromatic carbocycles. The topological polar surface area (TPSA) is 12.0 Å². The Hall–Kier alpha value is -0.870. The molecular formula is C14H12Br2FN. The first-order valence-electron chi connectivity index (χ1n) is 5.53. The van der Waals surface area contributed by atoms with Crippen LogP contribution in [0.15, 0.2) is 51.4 Å². The van der Waals surface area contributed by atoms with Crippen LogP contribution in [-0.2, 0) is 0 Å². The molecule has 4 heteroatoms. The number of rotatable bonds is 3. The van der Waals surface area contributed by atoms with Gasteiger partial charge in [-0.15, -0.1) is 0 Å². The lowest BCUT2D eigenvalue weighted by Crippen LogP contribution is -2.06. The van der Waals surface area contributed by atoms with Crippen LogP contribution >= 0.6 is 31.9 Å². The quantitative estimate of drug-likeness (QED) is 0.747. The van der Waals surface area contributed by atoms with E-state index in [0.29, 0.717) is 4.47 Å². The van der Waals surface area contributed by atoms with Crippen LogP contribution in [0.4, 0.5) is 10.1 Å². The van der Waals surface area contributed by atoms with Crippen LogP contribution in [0, 0.1) is 5.82 Å². The molecule has 0 aliphatic rings. The molecule has 0 aromatic heterocycles. The molecule has 0 amide bonds. The molecule has 1 atom stereocenters. The molecule has 2 rings (SSSR count). The summed E-state index contributed by atoms with van der Waals surface area (Å²) in [7, 11) is 0. The van der Waals surface area contributed by atoms with Gasteiger partial charge in [0, 0.05) is 16.2 Å². The molecule has 18 heavy (non-hydrogen) atoms. The van der Waals surface area contributed by atoms with E-state index in [1.54, 1.807) is 12.1 Å². The number of hydrogen-bond acceptors (Lipinski definition) is 1. The van der Waals surface area contributed by atoms with Crippen molar-refractivity contribution in [2.24, 2.45) is 0 Å². The Bertz CT molecular complexity index is 540. The maximum atomic E-state index is 13.2. The summed E-state index contributed by atoms with van der Waals surface area (Å²) in [4.78, 5) is 0. The smallest absolute Gasteiger partial charge is 0.137 e. The monoisotopic (exact) mass is 371 g/mol. The van der Waals surface area contributed by atoms with Gasteiger partial charge in [-0.1, -0.05) is 22.0 Å². The van der Waals surface area contributed by atoms with E-state index in [2.05, 4.69) is 37.2 Å². The third kappa shape index (κ3) is 3.33. The molecule has 0 aliphatic heterocycles. The number of benzene rings is 2. The first-order valence-corrected chi connectivity index (χ1v) is 7.12. The lowest BCUT2D eigenvalue weighted by atomic mass is 10.1. The lowest BCUT2D eigenvalue weighted by molar-refractivity contribution is 0.619. The fourth-order valence-electron chi connectivity index (χ4n) is 1.66. The zero-order chi connectivity index (χ0) is 13.1. The van der Waals surface area contributed by atoms with Gasteiger partial charge in [0.15, 0.2) is 0 Å². The van der Waals surface area contributed by atoms with Gasteiger partial charge < -0.3 is 5.32 Å². The highest BCUT2D eigenvalue weighted by Gasteiger charge is 2.07. The fourth-order valence-corrected chi connectivity index (χ4v) is 2.32. The van der Waals surface area contributed by atoms with Crippen molar-refractivity contribution in [3.63, 3.8) is 0 Å². The molecule has 0 spiro atoms. The molecule has 1 unspecified atom stereocenters. The summed E-state index contributed by atoms with van der Waals surface area (Å²) in [6.45, 7) is 2.04. The van der Waals surface area contributed by atoms with Crippen LogP contribution in [0.3, 0.4) is 0 Å². The summed E-state index contributed by atoms with van der Waals surface area (Å²) >= 11 is 6.60. The van der Waals surface area contributed by atoms with E-state index in [1.165, 1.54) is 6.07 Å². The van der Waals surface area contributed by atoms with Gasteiger partial charge in [-0.05, 0) is 64.8 Å². The van der Waals surface area contributed by atoms with Gasteiger partial charge in [0.2, 0.25) is 0 Å². The van der Waals surface area contributed by atoms with Gasteiger partial charge in [-0.3, -0.25) is 0 Å². The van der Waals surface area contributed by atoms with Crippen LogP contribution in [0.5, 0.6) is 0 Å². The van der Waals surface area contributed by atoms with E-state index < -0.39 is 0 Å². The predicted molar refractivity (Wildman–Crippen MR) is 80.3 cm³/mol. The van der Waals surface area contributed by atoms with Crippen molar-refractivity contribution >= 4 is 37.5 Å². The van der Waals surface area contributed by atoms with Crippen molar-refractivity contribution < 1.29 is 4.39 Å². The van der Waals surface area contributed by atoms with Crippen LogP contribution in [0.1, 0.15) is 18.5 Å². The zero-order valence-electron chi connectivity index (χ0n) is 9.75. The van der Waals surface area contributed by atoms with E-state index in [4.69, 9.17) is 0 Å². The van der Waals surface area contributed by atoms with Gasteiger partial charge in [0.05, 0.1) is 4.47 Å². The van der Waals surface area contributed by atoms with Crippen molar-refractivity contribution in [2.75, 3.05) is 5.32 Å². The van der Waals surface area contributed by atoms with Gasteiger partial charge in [0.1, 0.15) is 5.82 Å². The van der Waals surface area contributed by atoms with E-state index in [-0.39, 0.29) is 11.9 Å². The number of nitrogens with one attached hydrogen (secondary N) is 1. The maximum Gasteiger partial charge on any atom is 0.137 e. The summed E-state index contributed by atoms with van der Waals surface area (Å²) in [5, 5.41) is 3.37. The highest BCUT2D eigenvalue weighted by Crippen LogP contribution is 2.24. The zero-order valence-corrected chi connectivity index (χ0v) is 12.9. The van der Waals surface area contributed by atoms with Crippen LogP contribution in [-0.4, -0.2) is 0 Å². The Morgan fingerprint density at radius 2 is 1.72 bits per heavy atom. The predicted octanol–water partition coefficient (Wildman–Crippen LogP) is 5.52. The van der Waals surface area contributed by atoms with Crippen LogP contribution in [0.25, 0.3) is 0 Å². The van der Waals surface area contributed by atoms with E-state index in [0.717, 1.165) is 15.7 Å². The normalized spacial score (nSPS) is 12.2. The Labute approximate surface area is 123 Å². The minimum Gasteiger partial charge on any atom is -0.379 e. The summed E-state index contributed by atoms with van der Waals surface area (Å²) in [5.41, 5.74) is 2.07. The van der Waals surface area contributed by atoms with Crippen molar-refractivity contribution in [2.45, 2.75) is 13.0 Å². The van der Waals surface area contributed by atoms with E-state index in [1.807, 2.05) is 31.2 Å². The SMILES string of the molecule is CC(Nc1ccc(Br)cc1)c1ccc(F)c(Br)c1. The Balaban J connectivity index is 2.13. The molecule has 0 fully saturated rings. The van der Waals surface area contributed by atoms with E-state index >= 15 is 0 Å². The van der Waals surface area contributed by atoms with Crippen molar-refractivity contribution in [1.82, 2.24) is 0 Å². The van der Waals surface area contributed by atoms with Gasteiger partial charge in [0.25, 0.3) is 0 Å². The third-order valence-electron chi connectivity index (χ3n) is 2.67. The number of halogens is 3. The van der Waals surface area contributed by atoms with Crippen molar-refractivity contribution in [3.8, 4) is 0 Å². The average Bonchev–Trinajstić information content (AvgIpc) is 2.35. The van der Waals surface area contributed by atoms with Gasteiger partial charge in [-0.2, -0.15) is 0 Å². The second-order valence-electron chi connectivity index (χ2n) is 4.05. The Morgan fingerprint density at radius 1 is 1.06 bits per heavy atom. The van der Waals surface area contributed by atoms with Crippen LogP contribution in [0.2, 0.25) is 0 Å². The fraction of sp³-hybridized carbons (Fsp3) is 0.143. The number of hydrogen-bond donors (Lipinski definition) is 1. The summed E-state index contributed by atoms with van der Waals surface area (Å²) in [6.07, 6.45) is 0. The third-order valence-corrected chi connectivity index (χ3v) is 3.81. The van der Waals surface area contributed by atoms with Crippen molar-refractivity contribution in [1.29, 1.82) is 0 Å². The summed E-state index contributed by atoms with van der Waals surface area (Å²) in [6, 6.07) is 13.1. The molecule has 2 aromatic rings. The van der Waals surface area contributed by atoms with Gasteiger partial charge in [-0.25, -0.2) is 4.39 Å². The molecule has 0 heterocycles. The standard InChI is InChI=1S/C14H12Br2FN/c1-9(10-2-7-14(17)13(16)8-10)18-12-5-3-11(15)4-6-12/h2-9,18H,1H3. The summed E-state index contributed by atoms with van der Waals surface area (Å²) in [5.74, 6) is -0.241. The highest BCUT2D eigenvalue weighted by molar-refractivity contribution is 9.10. The molecular weight excluding hydrogens is 361 g/mol. The maximum absolute atomic E-state index is 13.2. The summed E-state index contributed by atoms with van der Waals surface area (Å²) < 4.78 is 14.7. The lowest BCUT2D eigenvalue weighted by Gasteiger charge is -2.16. The molecule has 1 N–H and O–H groups in total. The molecule has 0 bridgehead atoms. The second kappa shape index (κ2) is 5.85. The first kappa shape index (κ1) is 13.6. The van der Waals surface area contributed by atoms with Crippen molar-refractivity contribution in [3.05, 3.63) is 62.8 Å². The minimum atomic E-state index is -0.241. The largest absolute Gasteiger partial charge is 0.379 e. The number of anilines is 1. The second-order valence-corrected chi connectivity index (χ2v) is 5.82. The molecule has 0 radical (unpaired) electrons. The molecule has 94 valence electrons. The minimum absolute atomic E-state index is 0.114. The van der Waals surface area contributed by atoms with E-state index in [9.17, 15) is 4.39 Å². The highest BCUT2D eigenvalue weighted by atomic mass is 79.9. The first-order chi connectivity index (χ1) is 8.56. The molecule has 0 saturated carbocycles. The molecule has 0 aliphatic carbocycles. The Kier molecular flexibility index (Phi) is 4.40. The average molecular weight is 373 g/mol. The van der Waals surface area contributed by atoms with Gasteiger partial charge >= 0.3 is 0 Å².